The van der Waals surface area contributed by atoms with Crippen LogP contribution < -0.4 is 0 Å². The van der Waals surface area contributed by atoms with Crippen LogP contribution in [-0.4, -0.2) is 18.0 Å². The Kier molecular flexibility index (Phi) is 3.70. The molecule has 0 unspecified atom stereocenters. The van der Waals surface area contributed by atoms with Gasteiger partial charge in [-0.25, -0.2) is 0 Å². The molecule has 2 nitrogen and oxygen atoms in total. The van der Waals surface area contributed by atoms with Crippen LogP contribution in [0, 0.1) is 0 Å². The highest BCUT2D eigenvalue weighted by Crippen LogP contribution is 2.21. The number of alkyl halides is 1. The number of halogens is 1. The van der Waals surface area contributed by atoms with Crippen LogP contribution >= 0.6 is 11.6 Å². The van der Waals surface area contributed by atoms with Crippen molar-refractivity contribution in [1.82, 2.24) is 0 Å². The second kappa shape index (κ2) is 4.60. The number of carbonyl (C=O) groups excluding carboxylic acids is 1. The largest absolute Gasteiger partial charge is 0.462 e. The van der Waals surface area contributed by atoms with E-state index in [1.54, 1.807) is 0 Å². The van der Waals surface area contributed by atoms with Crippen LogP contribution in [-0.2, 0) is 9.53 Å². The highest BCUT2D eigenvalue weighted by Gasteiger charge is 2.18. The maximum Gasteiger partial charge on any atom is 0.307 e. The Bertz CT molecular complexity index is 130. The first-order chi connectivity index (χ1) is 5.33. The quantitative estimate of drug-likeness (QED) is 0.486. The van der Waals surface area contributed by atoms with E-state index in [2.05, 4.69) is 0 Å². The predicted octanol–water partition coefficient (Wildman–Crippen LogP) is 2.10. The van der Waals surface area contributed by atoms with E-state index in [1.807, 2.05) is 0 Å². The van der Waals surface area contributed by atoms with E-state index in [4.69, 9.17) is 16.3 Å². The van der Waals surface area contributed by atoms with Gasteiger partial charge in [0.25, 0.3) is 0 Å². The molecule has 1 fully saturated rings. The van der Waals surface area contributed by atoms with Crippen molar-refractivity contribution in [3.05, 3.63) is 0 Å². The fourth-order valence-electron chi connectivity index (χ4n) is 1.33. The molecule has 0 amide bonds. The third-order valence-corrected chi connectivity index (χ3v) is 2.09. The molecule has 0 aromatic heterocycles. The summed E-state index contributed by atoms with van der Waals surface area (Å²) >= 11 is 5.38. The van der Waals surface area contributed by atoms with Crippen LogP contribution in [0.5, 0.6) is 0 Å². The SMILES string of the molecule is O=C(CCCl)OC1CCCC1. The molecular weight excluding hydrogens is 164 g/mol. The van der Waals surface area contributed by atoms with Gasteiger partial charge in [0.15, 0.2) is 0 Å². The lowest BCUT2D eigenvalue weighted by molar-refractivity contribution is -0.148. The highest BCUT2D eigenvalue weighted by atomic mass is 35.5. The summed E-state index contributed by atoms with van der Waals surface area (Å²) in [5, 5.41) is 0. The molecule has 3 heteroatoms. The summed E-state index contributed by atoms with van der Waals surface area (Å²) in [5.74, 6) is 0.220. The zero-order chi connectivity index (χ0) is 8.10. The molecule has 0 aromatic rings. The van der Waals surface area contributed by atoms with Crippen molar-refractivity contribution in [2.75, 3.05) is 5.88 Å². The van der Waals surface area contributed by atoms with E-state index in [1.165, 1.54) is 12.8 Å². The van der Waals surface area contributed by atoms with E-state index in [0.717, 1.165) is 12.8 Å². The molecule has 0 saturated heterocycles. The second-order valence-electron chi connectivity index (χ2n) is 2.84. The third kappa shape index (κ3) is 3.10. The number of ether oxygens (including phenoxy) is 1. The lowest BCUT2D eigenvalue weighted by Gasteiger charge is -2.09. The predicted molar refractivity (Wildman–Crippen MR) is 43.7 cm³/mol. The van der Waals surface area contributed by atoms with Crippen LogP contribution in [0.3, 0.4) is 0 Å². The van der Waals surface area contributed by atoms with E-state index in [0.29, 0.717) is 12.3 Å². The normalized spacial score (nSPS) is 18.6. The van der Waals surface area contributed by atoms with Gasteiger partial charge in [-0.2, -0.15) is 0 Å². The number of hydrogen-bond donors (Lipinski definition) is 0. The van der Waals surface area contributed by atoms with Crippen molar-refractivity contribution in [2.45, 2.75) is 38.2 Å². The summed E-state index contributed by atoms with van der Waals surface area (Å²) in [7, 11) is 0. The van der Waals surface area contributed by atoms with E-state index >= 15 is 0 Å². The lowest BCUT2D eigenvalue weighted by Crippen LogP contribution is -2.14. The minimum Gasteiger partial charge on any atom is -0.462 e. The van der Waals surface area contributed by atoms with Crippen molar-refractivity contribution < 1.29 is 9.53 Å². The zero-order valence-corrected chi connectivity index (χ0v) is 7.27. The number of esters is 1. The van der Waals surface area contributed by atoms with Gasteiger partial charge in [0.1, 0.15) is 6.10 Å². The highest BCUT2D eigenvalue weighted by molar-refractivity contribution is 6.18. The standard InChI is InChI=1S/C8H13ClO2/c9-6-5-8(10)11-7-3-1-2-4-7/h7H,1-6H2. The molecule has 1 rings (SSSR count). The van der Waals surface area contributed by atoms with Gasteiger partial charge in [0.05, 0.1) is 6.42 Å². The molecule has 0 heterocycles. The van der Waals surface area contributed by atoms with Gasteiger partial charge in [-0.1, -0.05) is 0 Å². The van der Waals surface area contributed by atoms with Crippen molar-refractivity contribution in [3.8, 4) is 0 Å². The average molecular weight is 177 g/mol. The summed E-state index contributed by atoms with van der Waals surface area (Å²) in [4.78, 5) is 10.9. The number of hydrogen-bond acceptors (Lipinski definition) is 2. The first-order valence-corrected chi connectivity index (χ1v) is 4.62. The van der Waals surface area contributed by atoms with Crippen molar-refractivity contribution in [2.24, 2.45) is 0 Å². The Morgan fingerprint density at radius 3 is 2.64 bits per heavy atom. The van der Waals surface area contributed by atoms with Gasteiger partial charge in [0.2, 0.25) is 0 Å². The van der Waals surface area contributed by atoms with Crippen LogP contribution in [0.4, 0.5) is 0 Å². The molecule has 0 N–H and O–H groups in total. The van der Waals surface area contributed by atoms with Gasteiger partial charge >= 0.3 is 5.97 Å². The van der Waals surface area contributed by atoms with Gasteiger partial charge in [0, 0.05) is 5.88 Å². The molecule has 1 aliphatic carbocycles. The Morgan fingerprint density at radius 2 is 2.09 bits per heavy atom. The lowest BCUT2D eigenvalue weighted by atomic mass is 10.3. The fourth-order valence-corrected chi connectivity index (χ4v) is 1.48. The summed E-state index contributed by atoms with van der Waals surface area (Å²) in [6, 6.07) is 0. The topological polar surface area (TPSA) is 26.3 Å². The molecule has 0 bridgehead atoms. The molecule has 64 valence electrons. The molecule has 11 heavy (non-hydrogen) atoms. The minimum absolute atomic E-state index is 0.146. The van der Waals surface area contributed by atoms with Crippen LogP contribution in [0.1, 0.15) is 32.1 Å². The molecule has 0 spiro atoms. The number of carbonyl (C=O) groups is 1. The third-order valence-electron chi connectivity index (χ3n) is 1.90. The smallest absolute Gasteiger partial charge is 0.307 e. The van der Waals surface area contributed by atoms with Crippen LogP contribution in [0.25, 0.3) is 0 Å². The minimum atomic E-state index is -0.146. The average Bonchev–Trinajstić information content (AvgIpc) is 2.40. The summed E-state index contributed by atoms with van der Waals surface area (Å²) in [6.45, 7) is 0. The van der Waals surface area contributed by atoms with E-state index < -0.39 is 0 Å². The maximum atomic E-state index is 10.9. The first kappa shape index (κ1) is 8.85. The monoisotopic (exact) mass is 176 g/mol. The molecule has 0 aliphatic heterocycles. The summed E-state index contributed by atoms with van der Waals surface area (Å²) in [6.07, 6.45) is 4.99. The molecule has 0 atom stereocenters. The van der Waals surface area contributed by atoms with Crippen LogP contribution in [0.15, 0.2) is 0 Å². The first-order valence-electron chi connectivity index (χ1n) is 4.08. The van der Waals surface area contributed by atoms with Crippen molar-refractivity contribution in [3.63, 3.8) is 0 Å². The molecule has 0 aromatic carbocycles. The second-order valence-corrected chi connectivity index (χ2v) is 3.21. The van der Waals surface area contributed by atoms with Crippen molar-refractivity contribution >= 4 is 17.6 Å². The van der Waals surface area contributed by atoms with Gasteiger partial charge in [-0.3, -0.25) is 4.79 Å². The summed E-state index contributed by atoms with van der Waals surface area (Å²) < 4.78 is 5.13. The Balaban J connectivity index is 2.13. The van der Waals surface area contributed by atoms with E-state index in [9.17, 15) is 4.79 Å². The van der Waals surface area contributed by atoms with Gasteiger partial charge in [-0.15, -0.1) is 11.6 Å². The molecule has 1 aliphatic rings. The molecule has 1 saturated carbocycles. The van der Waals surface area contributed by atoms with Gasteiger partial charge in [-0.05, 0) is 25.7 Å². The summed E-state index contributed by atoms with van der Waals surface area (Å²) in [5.41, 5.74) is 0. The Morgan fingerprint density at radius 1 is 1.45 bits per heavy atom. The van der Waals surface area contributed by atoms with Crippen LogP contribution in [0.2, 0.25) is 0 Å². The molecular formula is C8H13ClO2. The van der Waals surface area contributed by atoms with Gasteiger partial charge < -0.3 is 4.74 Å². The Hall–Kier alpha value is -0.240. The Labute approximate surface area is 71.9 Å². The molecule has 0 radical (unpaired) electrons. The maximum absolute atomic E-state index is 10.9. The van der Waals surface area contributed by atoms with E-state index in [-0.39, 0.29) is 12.1 Å². The number of rotatable bonds is 3. The van der Waals surface area contributed by atoms with Crippen molar-refractivity contribution in [1.29, 1.82) is 0 Å². The fraction of sp³-hybridized carbons (Fsp3) is 0.875. The zero-order valence-electron chi connectivity index (χ0n) is 6.51.